The lowest BCUT2D eigenvalue weighted by Crippen LogP contribution is -2.33. The van der Waals surface area contributed by atoms with Gasteiger partial charge < -0.3 is 15.4 Å². The average molecular weight is 327 g/mol. The molecule has 0 aliphatic heterocycles. The zero-order valence-corrected chi connectivity index (χ0v) is 12.1. The third-order valence-corrected chi connectivity index (χ3v) is 2.67. The normalized spacial score (nSPS) is 10.2. The topological polar surface area (TPSA) is 67.4 Å². The number of nitrogens with one attached hydrogen (secondary N) is 2. The van der Waals surface area contributed by atoms with Gasteiger partial charge in [-0.05, 0) is 23.8 Å². The van der Waals surface area contributed by atoms with Gasteiger partial charge in [-0.25, -0.2) is 4.79 Å². The first kappa shape index (κ1) is 15.2. The van der Waals surface area contributed by atoms with Crippen LogP contribution < -0.4 is 10.6 Å². The van der Waals surface area contributed by atoms with Crippen molar-refractivity contribution < 1.29 is 14.3 Å². The second kappa shape index (κ2) is 8.31. The van der Waals surface area contributed by atoms with Gasteiger partial charge in [-0.1, -0.05) is 28.1 Å². The van der Waals surface area contributed by atoms with Crippen LogP contribution in [0.5, 0.6) is 0 Å². The zero-order valence-electron chi connectivity index (χ0n) is 10.5. The van der Waals surface area contributed by atoms with E-state index in [1.807, 2.05) is 24.3 Å². The van der Waals surface area contributed by atoms with E-state index in [1.165, 1.54) is 13.3 Å². The van der Waals surface area contributed by atoms with Gasteiger partial charge in [0, 0.05) is 17.2 Å². The summed E-state index contributed by atoms with van der Waals surface area (Å²) >= 11 is 3.36. The maximum absolute atomic E-state index is 11.3. The molecule has 6 heteroatoms. The number of ether oxygens (including phenoxy) is 1. The highest BCUT2D eigenvalue weighted by Crippen LogP contribution is 2.12. The first-order valence-corrected chi connectivity index (χ1v) is 6.44. The molecule has 0 bridgehead atoms. The number of hydrogen-bond donors (Lipinski definition) is 2. The summed E-state index contributed by atoms with van der Waals surface area (Å²) in [6, 6.07) is 7.30. The highest BCUT2D eigenvalue weighted by molar-refractivity contribution is 9.10. The average Bonchev–Trinajstić information content (AvgIpc) is 2.38. The molecule has 0 atom stereocenters. The monoisotopic (exact) mass is 326 g/mol. The molecule has 1 rings (SSSR count). The molecular formula is C13H15BrN2O3. The SMILES string of the molecule is COC(=O)CCNC(=O)N/C=C/c1cccc(Br)c1. The van der Waals surface area contributed by atoms with E-state index < -0.39 is 0 Å². The van der Waals surface area contributed by atoms with Crippen LogP contribution in [0.15, 0.2) is 34.9 Å². The largest absolute Gasteiger partial charge is 0.469 e. The van der Waals surface area contributed by atoms with Gasteiger partial charge in [0.25, 0.3) is 0 Å². The van der Waals surface area contributed by atoms with Crippen molar-refractivity contribution in [2.75, 3.05) is 13.7 Å². The van der Waals surface area contributed by atoms with Crippen LogP contribution in [0, 0.1) is 0 Å². The van der Waals surface area contributed by atoms with E-state index >= 15 is 0 Å². The Balaban J connectivity index is 2.28. The lowest BCUT2D eigenvalue weighted by molar-refractivity contribution is -0.140. The first-order valence-electron chi connectivity index (χ1n) is 5.65. The standard InChI is InChI=1S/C13H15BrN2O3/c1-19-12(17)6-8-16-13(18)15-7-5-10-3-2-4-11(14)9-10/h2-5,7,9H,6,8H2,1H3,(H2,15,16,18)/b7-5+. The molecule has 0 aromatic heterocycles. The van der Waals surface area contributed by atoms with Crippen LogP contribution in [0.2, 0.25) is 0 Å². The molecule has 0 heterocycles. The molecule has 102 valence electrons. The van der Waals surface area contributed by atoms with Crippen molar-refractivity contribution in [3.8, 4) is 0 Å². The van der Waals surface area contributed by atoms with Crippen molar-refractivity contribution in [2.24, 2.45) is 0 Å². The van der Waals surface area contributed by atoms with E-state index in [9.17, 15) is 9.59 Å². The van der Waals surface area contributed by atoms with E-state index in [1.54, 1.807) is 6.08 Å². The minimum Gasteiger partial charge on any atom is -0.469 e. The Labute approximate surface area is 120 Å². The fraction of sp³-hybridized carbons (Fsp3) is 0.231. The van der Waals surface area contributed by atoms with E-state index in [0.717, 1.165) is 10.0 Å². The van der Waals surface area contributed by atoms with Crippen molar-refractivity contribution in [3.63, 3.8) is 0 Å². The zero-order chi connectivity index (χ0) is 14.1. The molecule has 0 fully saturated rings. The van der Waals surface area contributed by atoms with Gasteiger partial charge in [0.15, 0.2) is 0 Å². The Kier molecular flexibility index (Phi) is 6.67. The molecule has 1 aromatic carbocycles. The fourth-order valence-electron chi connectivity index (χ4n) is 1.26. The van der Waals surface area contributed by atoms with E-state index in [4.69, 9.17) is 0 Å². The Bertz CT molecular complexity index is 475. The molecule has 0 unspecified atom stereocenters. The van der Waals surface area contributed by atoms with E-state index in [0.29, 0.717) is 0 Å². The predicted octanol–water partition coefficient (Wildman–Crippen LogP) is 2.28. The number of esters is 1. The lowest BCUT2D eigenvalue weighted by Gasteiger charge is -2.03. The van der Waals surface area contributed by atoms with Gasteiger partial charge in [0.2, 0.25) is 0 Å². The van der Waals surface area contributed by atoms with Gasteiger partial charge in [-0.2, -0.15) is 0 Å². The number of amides is 2. The Morgan fingerprint density at radius 1 is 1.42 bits per heavy atom. The van der Waals surface area contributed by atoms with Crippen LogP contribution in [0.1, 0.15) is 12.0 Å². The molecular weight excluding hydrogens is 312 g/mol. The van der Waals surface area contributed by atoms with Crippen molar-refractivity contribution in [1.29, 1.82) is 0 Å². The maximum Gasteiger partial charge on any atom is 0.318 e. The second-order valence-corrected chi connectivity index (χ2v) is 4.53. The Morgan fingerprint density at radius 3 is 2.89 bits per heavy atom. The minimum absolute atomic E-state index is 0.152. The van der Waals surface area contributed by atoms with Crippen LogP contribution >= 0.6 is 15.9 Å². The highest BCUT2D eigenvalue weighted by atomic mass is 79.9. The number of methoxy groups -OCH3 is 1. The molecule has 5 nitrogen and oxygen atoms in total. The summed E-state index contributed by atoms with van der Waals surface area (Å²) in [7, 11) is 1.31. The molecule has 1 aromatic rings. The Morgan fingerprint density at radius 2 is 2.21 bits per heavy atom. The number of carbonyl (C=O) groups is 2. The van der Waals surface area contributed by atoms with Gasteiger partial charge in [-0.15, -0.1) is 0 Å². The quantitative estimate of drug-likeness (QED) is 0.816. The molecule has 2 N–H and O–H groups in total. The number of hydrogen-bond acceptors (Lipinski definition) is 3. The maximum atomic E-state index is 11.3. The van der Waals surface area contributed by atoms with Crippen molar-refractivity contribution in [2.45, 2.75) is 6.42 Å². The van der Waals surface area contributed by atoms with Crippen LogP contribution in [0.3, 0.4) is 0 Å². The molecule has 0 aliphatic carbocycles. The third kappa shape index (κ3) is 6.61. The number of benzene rings is 1. The first-order chi connectivity index (χ1) is 9.11. The van der Waals surface area contributed by atoms with Gasteiger partial charge in [-0.3, -0.25) is 4.79 Å². The van der Waals surface area contributed by atoms with Crippen molar-refractivity contribution >= 4 is 34.0 Å². The van der Waals surface area contributed by atoms with Crippen molar-refractivity contribution in [3.05, 3.63) is 40.5 Å². The molecule has 0 saturated heterocycles. The summed E-state index contributed by atoms with van der Waals surface area (Å²) in [6.45, 7) is 0.239. The summed E-state index contributed by atoms with van der Waals surface area (Å²) < 4.78 is 5.42. The van der Waals surface area contributed by atoms with Crippen LogP contribution in [-0.4, -0.2) is 25.7 Å². The smallest absolute Gasteiger partial charge is 0.318 e. The second-order valence-electron chi connectivity index (χ2n) is 3.61. The lowest BCUT2D eigenvalue weighted by atomic mass is 10.2. The predicted molar refractivity (Wildman–Crippen MR) is 76.3 cm³/mol. The van der Waals surface area contributed by atoms with E-state index in [2.05, 4.69) is 31.3 Å². The minimum atomic E-state index is -0.366. The Hall–Kier alpha value is -1.82. The van der Waals surface area contributed by atoms with Crippen molar-refractivity contribution in [1.82, 2.24) is 10.6 Å². The fourth-order valence-corrected chi connectivity index (χ4v) is 1.67. The summed E-state index contributed by atoms with van der Waals surface area (Å²) in [4.78, 5) is 22.1. The number of halogens is 1. The molecule has 0 spiro atoms. The van der Waals surface area contributed by atoms with Gasteiger partial charge in [0.1, 0.15) is 0 Å². The molecule has 19 heavy (non-hydrogen) atoms. The molecule has 0 saturated carbocycles. The third-order valence-electron chi connectivity index (χ3n) is 2.18. The summed E-state index contributed by atoms with van der Waals surface area (Å²) in [5.74, 6) is -0.357. The highest BCUT2D eigenvalue weighted by Gasteiger charge is 2.01. The number of urea groups is 1. The summed E-state index contributed by atoms with van der Waals surface area (Å²) in [5.41, 5.74) is 0.962. The van der Waals surface area contributed by atoms with E-state index in [-0.39, 0.29) is 25.0 Å². The van der Waals surface area contributed by atoms with Gasteiger partial charge >= 0.3 is 12.0 Å². The number of rotatable bonds is 5. The molecule has 0 radical (unpaired) electrons. The number of carbonyl (C=O) groups excluding carboxylic acids is 2. The van der Waals surface area contributed by atoms with Crippen LogP contribution in [0.25, 0.3) is 6.08 Å². The summed E-state index contributed by atoms with van der Waals surface area (Å²) in [6.07, 6.45) is 3.46. The summed E-state index contributed by atoms with van der Waals surface area (Å²) in [5, 5.41) is 5.08. The molecule has 0 aliphatic rings. The van der Waals surface area contributed by atoms with Gasteiger partial charge in [0.05, 0.1) is 13.5 Å². The van der Waals surface area contributed by atoms with Crippen LogP contribution in [0.4, 0.5) is 4.79 Å². The molecule has 2 amide bonds. The van der Waals surface area contributed by atoms with Crippen LogP contribution in [-0.2, 0) is 9.53 Å².